The Morgan fingerprint density at radius 1 is 1.15 bits per heavy atom. The predicted molar refractivity (Wildman–Crippen MR) is 151 cm³/mol. The fourth-order valence-electron chi connectivity index (χ4n) is 4.46. The number of thioether (sulfide) groups is 1. The van der Waals surface area contributed by atoms with Crippen molar-refractivity contribution in [1.82, 2.24) is 15.6 Å². The van der Waals surface area contributed by atoms with Crippen LogP contribution in [0.25, 0.3) is 0 Å². The summed E-state index contributed by atoms with van der Waals surface area (Å²) in [6.07, 6.45) is 1.72. The molecular formula is C29H28F2N6O2S. The molecule has 3 aromatic rings. The number of hydrogen-bond donors (Lipinski definition) is 2. The van der Waals surface area contributed by atoms with E-state index >= 15 is 0 Å². The van der Waals surface area contributed by atoms with Crippen LogP contribution in [0.3, 0.4) is 0 Å². The average Bonchev–Trinajstić information content (AvgIpc) is 3.38. The number of aliphatic imine (C=N–C) groups is 1. The lowest BCUT2D eigenvalue weighted by molar-refractivity contribution is -0.146. The first-order chi connectivity index (χ1) is 19.4. The minimum absolute atomic E-state index is 0.0361. The van der Waals surface area contributed by atoms with Gasteiger partial charge in [0.15, 0.2) is 12.3 Å². The van der Waals surface area contributed by atoms with Gasteiger partial charge in [0.2, 0.25) is 5.96 Å². The quantitative estimate of drug-likeness (QED) is 0.127. The predicted octanol–water partition coefficient (Wildman–Crippen LogP) is 4.87. The van der Waals surface area contributed by atoms with Crippen LogP contribution in [0.1, 0.15) is 35.6 Å². The van der Waals surface area contributed by atoms with Crippen LogP contribution in [-0.4, -0.2) is 42.6 Å². The number of ether oxygens (including phenoxy) is 1. The number of halogens is 2. The van der Waals surface area contributed by atoms with Crippen molar-refractivity contribution < 1.29 is 18.3 Å². The zero-order valence-electron chi connectivity index (χ0n) is 22.0. The third-order valence-electron chi connectivity index (χ3n) is 6.34. The number of carbonyl (C=O) groups is 1. The van der Waals surface area contributed by atoms with E-state index in [-0.39, 0.29) is 10.6 Å². The molecule has 0 saturated heterocycles. The summed E-state index contributed by atoms with van der Waals surface area (Å²) < 4.78 is 34.8. The Balaban J connectivity index is 1.78. The molecule has 1 heterocycles. The Labute approximate surface area is 235 Å². The van der Waals surface area contributed by atoms with Gasteiger partial charge in [0.1, 0.15) is 21.5 Å². The maximum Gasteiger partial charge on any atom is 0.278 e. The topological polar surface area (TPSA) is 102 Å². The van der Waals surface area contributed by atoms with E-state index in [1.165, 1.54) is 23.9 Å². The number of methoxy groups -OCH3 is 1. The largest absolute Gasteiger partial charge is 0.367 e. The van der Waals surface area contributed by atoms with E-state index in [0.717, 1.165) is 23.8 Å². The van der Waals surface area contributed by atoms with Gasteiger partial charge in [-0.05, 0) is 42.2 Å². The number of nitrogens with zero attached hydrogens (tertiary/aromatic N) is 4. The molecule has 0 bridgehead atoms. The lowest BCUT2D eigenvalue weighted by atomic mass is 9.99. The van der Waals surface area contributed by atoms with E-state index < -0.39 is 28.5 Å². The maximum atomic E-state index is 15.0. The van der Waals surface area contributed by atoms with Crippen molar-refractivity contribution in [1.29, 1.82) is 5.26 Å². The molecule has 206 valence electrons. The molecule has 1 amide bonds. The lowest BCUT2D eigenvalue weighted by Crippen LogP contribution is -2.44. The van der Waals surface area contributed by atoms with E-state index in [1.54, 1.807) is 19.2 Å². The van der Waals surface area contributed by atoms with E-state index in [4.69, 9.17) is 10.00 Å². The summed E-state index contributed by atoms with van der Waals surface area (Å²) in [4.78, 5) is 17.1. The molecule has 2 unspecified atom stereocenters. The summed E-state index contributed by atoms with van der Waals surface area (Å²) in [5.41, 5.74) is 1.35. The fraction of sp³-hybridized carbons (Fsp3) is 0.241. The van der Waals surface area contributed by atoms with Crippen LogP contribution in [0, 0.1) is 23.1 Å². The second-order valence-electron chi connectivity index (χ2n) is 8.80. The summed E-state index contributed by atoms with van der Waals surface area (Å²) in [7, 11) is 2.99. The van der Waals surface area contributed by atoms with Crippen molar-refractivity contribution in [2.45, 2.75) is 23.8 Å². The second kappa shape index (κ2) is 13.2. The van der Waals surface area contributed by atoms with Crippen molar-refractivity contribution in [2.75, 3.05) is 20.7 Å². The maximum absolute atomic E-state index is 15.0. The molecular weight excluding hydrogens is 534 g/mol. The molecule has 0 radical (unpaired) electrons. The molecule has 0 aromatic heterocycles. The Kier molecular flexibility index (Phi) is 9.47. The molecule has 4 rings (SSSR count). The first-order valence-electron chi connectivity index (χ1n) is 12.5. The number of benzene rings is 3. The van der Waals surface area contributed by atoms with Crippen molar-refractivity contribution in [3.05, 3.63) is 107 Å². The van der Waals surface area contributed by atoms with Gasteiger partial charge in [-0.1, -0.05) is 72.4 Å². The van der Waals surface area contributed by atoms with Gasteiger partial charge < -0.3 is 10.1 Å². The molecule has 0 fully saturated rings. The van der Waals surface area contributed by atoms with Crippen molar-refractivity contribution in [3.63, 3.8) is 0 Å². The van der Waals surface area contributed by atoms with Gasteiger partial charge in [-0.15, -0.1) is 0 Å². The van der Waals surface area contributed by atoms with Crippen LogP contribution < -0.4 is 10.6 Å². The highest BCUT2D eigenvalue weighted by atomic mass is 32.2. The zero-order chi connectivity index (χ0) is 28.5. The van der Waals surface area contributed by atoms with Gasteiger partial charge in [-0.2, -0.15) is 10.4 Å². The summed E-state index contributed by atoms with van der Waals surface area (Å²) >= 11 is 1.19. The number of rotatable bonds is 9. The number of hydrazone groups is 1. The standard InChI is InChI=1S/C29H28F2N6O2S/c1-33-28(35-19-32)34-17-9-16-29(21-12-7-4-8-13-21)37(27(38)25(39-2)20-10-5-3-6-11-20)36-26(40-29)23-18-22(30)14-15-24(23)31/h3-8,10-15,18,25H,9,16-17H2,1-2H3,(H2,33,34,35). The number of hydrogen-bond acceptors (Lipinski definition) is 6. The molecule has 1 aliphatic heterocycles. The van der Waals surface area contributed by atoms with Gasteiger partial charge in [0, 0.05) is 26.3 Å². The molecule has 2 N–H and O–H groups in total. The molecule has 0 saturated carbocycles. The number of carbonyl (C=O) groups excluding carboxylic acids is 1. The van der Waals surface area contributed by atoms with Crippen LogP contribution in [-0.2, 0) is 14.4 Å². The van der Waals surface area contributed by atoms with E-state index in [2.05, 4.69) is 20.7 Å². The third kappa shape index (κ3) is 6.14. The van der Waals surface area contributed by atoms with Gasteiger partial charge in [0.05, 0.1) is 0 Å². The number of nitrogens with one attached hydrogen (secondary N) is 2. The summed E-state index contributed by atoms with van der Waals surface area (Å²) in [5, 5.41) is 20.6. The SMILES string of the molecule is CN=C(NC#N)NCCCC1(c2ccccc2)SC(c2cc(F)ccc2F)=NN1C(=O)C(OC)c1ccccc1. The van der Waals surface area contributed by atoms with Crippen molar-refractivity contribution in [3.8, 4) is 6.19 Å². The van der Waals surface area contributed by atoms with Crippen LogP contribution in [0.5, 0.6) is 0 Å². The molecule has 3 aromatic carbocycles. The second-order valence-corrected chi connectivity index (χ2v) is 10.1. The highest BCUT2D eigenvalue weighted by Gasteiger charge is 2.50. The number of guanidine groups is 1. The lowest BCUT2D eigenvalue weighted by Gasteiger charge is -2.37. The van der Waals surface area contributed by atoms with Crippen LogP contribution in [0.2, 0.25) is 0 Å². The zero-order valence-corrected chi connectivity index (χ0v) is 22.8. The van der Waals surface area contributed by atoms with E-state index in [1.807, 2.05) is 54.7 Å². The minimum atomic E-state index is -1.11. The fourth-order valence-corrected chi connectivity index (χ4v) is 5.89. The number of amides is 1. The summed E-state index contributed by atoms with van der Waals surface area (Å²) in [6, 6.07) is 21.5. The van der Waals surface area contributed by atoms with Crippen LogP contribution >= 0.6 is 11.8 Å². The Morgan fingerprint density at radius 2 is 1.85 bits per heavy atom. The first-order valence-corrected chi connectivity index (χ1v) is 13.3. The Bertz CT molecular complexity index is 1430. The minimum Gasteiger partial charge on any atom is -0.367 e. The van der Waals surface area contributed by atoms with Gasteiger partial charge >= 0.3 is 0 Å². The molecule has 0 spiro atoms. The third-order valence-corrected chi connectivity index (χ3v) is 7.78. The van der Waals surface area contributed by atoms with Crippen LogP contribution in [0.15, 0.2) is 89.0 Å². The molecule has 0 aliphatic carbocycles. The van der Waals surface area contributed by atoms with E-state index in [0.29, 0.717) is 30.9 Å². The van der Waals surface area contributed by atoms with Crippen LogP contribution in [0.4, 0.5) is 8.78 Å². The number of nitriles is 1. The first kappa shape index (κ1) is 28.7. The molecule has 1 aliphatic rings. The van der Waals surface area contributed by atoms with Crippen molar-refractivity contribution in [2.24, 2.45) is 10.1 Å². The normalized spacial score (nSPS) is 17.6. The van der Waals surface area contributed by atoms with Crippen molar-refractivity contribution >= 4 is 28.7 Å². The van der Waals surface area contributed by atoms with Gasteiger partial charge in [0.25, 0.3) is 5.91 Å². The summed E-state index contributed by atoms with van der Waals surface area (Å²) in [6.45, 7) is 0.411. The molecule has 8 nitrogen and oxygen atoms in total. The smallest absolute Gasteiger partial charge is 0.278 e. The summed E-state index contributed by atoms with van der Waals surface area (Å²) in [5.74, 6) is -1.41. The van der Waals surface area contributed by atoms with E-state index in [9.17, 15) is 13.6 Å². The Morgan fingerprint density at radius 3 is 2.50 bits per heavy atom. The highest BCUT2D eigenvalue weighted by Crippen LogP contribution is 2.51. The Hall–Kier alpha value is -4.27. The monoisotopic (exact) mass is 562 g/mol. The van der Waals surface area contributed by atoms with Gasteiger partial charge in [-0.3, -0.25) is 15.1 Å². The highest BCUT2D eigenvalue weighted by molar-refractivity contribution is 8.15. The molecule has 40 heavy (non-hydrogen) atoms. The molecule has 11 heteroatoms. The average molecular weight is 563 g/mol. The molecule has 2 atom stereocenters. The van der Waals surface area contributed by atoms with Gasteiger partial charge in [-0.25, -0.2) is 13.8 Å².